The van der Waals surface area contributed by atoms with Gasteiger partial charge in [-0.25, -0.2) is 4.90 Å². The van der Waals surface area contributed by atoms with Gasteiger partial charge in [-0.1, -0.05) is 22.0 Å². The fourth-order valence-corrected chi connectivity index (χ4v) is 2.74. The molecule has 2 saturated heterocycles. The summed E-state index contributed by atoms with van der Waals surface area (Å²) in [5, 5.41) is 0. The summed E-state index contributed by atoms with van der Waals surface area (Å²) >= 11 is 3.42. The van der Waals surface area contributed by atoms with E-state index in [-0.39, 0.29) is 11.8 Å². The number of imide groups is 1. The smallest absolute Gasteiger partial charge is 0.262 e. The molecule has 2 aliphatic heterocycles. The Morgan fingerprint density at radius 1 is 1.22 bits per heavy atom. The number of halogens is 1. The average molecular weight is 310 g/mol. The first kappa shape index (κ1) is 11.9. The van der Waals surface area contributed by atoms with Gasteiger partial charge in [0, 0.05) is 4.47 Å². The molecule has 2 unspecified atom stereocenters. The van der Waals surface area contributed by atoms with Crippen LogP contribution < -0.4 is 4.90 Å². The van der Waals surface area contributed by atoms with Crippen molar-refractivity contribution >= 4 is 33.4 Å². The number of nitrogens with zero attached hydrogens (tertiary/aromatic N) is 1. The van der Waals surface area contributed by atoms with Crippen LogP contribution in [0.25, 0.3) is 0 Å². The third-order valence-corrected chi connectivity index (χ3v) is 4.28. The molecule has 2 aliphatic rings. The Kier molecular flexibility index (Phi) is 2.75. The second-order valence-electron chi connectivity index (χ2n) is 4.64. The number of hydrogen-bond acceptors (Lipinski definition) is 3. The Bertz CT molecular complexity index is 521. The zero-order valence-corrected chi connectivity index (χ0v) is 11.4. The van der Waals surface area contributed by atoms with Gasteiger partial charge in [-0.2, -0.15) is 0 Å². The standard InChI is InChI=1S/C13H12BrNO3/c1-7-2-3-8(6-9(7)14)15-12(16)10-4-5-11(18-10)13(15)17/h2-3,6,10-11H,4-5H2,1H3. The van der Waals surface area contributed by atoms with Crippen LogP contribution in [-0.4, -0.2) is 24.0 Å². The molecule has 1 aromatic rings. The van der Waals surface area contributed by atoms with Crippen LogP contribution in [0.5, 0.6) is 0 Å². The second kappa shape index (κ2) is 4.17. The van der Waals surface area contributed by atoms with E-state index in [4.69, 9.17) is 4.74 Å². The number of benzene rings is 1. The summed E-state index contributed by atoms with van der Waals surface area (Å²) in [5.41, 5.74) is 1.68. The zero-order chi connectivity index (χ0) is 12.9. The van der Waals surface area contributed by atoms with Gasteiger partial charge in [0.15, 0.2) is 0 Å². The molecule has 5 heteroatoms. The van der Waals surface area contributed by atoms with Gasteiger partial charge in [-0.15, -0.1) is 0 Å². The number of amides is 2. The van der Waals surface area contributed by atoms with Gasteiger partial charge in [0.25, 0.3) is 11.8 Å². The lowest BCUT2D eigenvalue weighted by Gasteiger charge is -2.30. The molecule has 3 rings (SSSR count). The fourth-order valence-electron chi connectivity index (χ4n) is 2.37. The molecule has 2 amide bonds. The van der Waals surface area contributed by atoms with E-state index in [1.807, 2.05) is 13.0 Å². The van der Waals surface area contributed by atoms with E-state index < -0.39 is 12.2 Å². The van der Waals surface area contributed by atoms with Crippen molar-refractivity contribution in [3.63, 3.8) is 0 Å². The second-order valence-corrected chi connectivity index (χ2v) is 5.49. The van der Waals surface area contributed by atoms with Crippen molar-refractivity contribution in [2.45, 2.75) is 32.0 Å². The van der Waals surface area contributed by atoms with Crippen LogP contribution in [0.2, 0.25) is 0 Å². The van der Waals surface area contributed by atoms with Crippen molar-refractivity contribution in [1.82, 2.24) is 0 Å². The molecule has 18 heavy (non-hydrogen) atoms. The highest BCUT2D eigenvalue weighted by Crippen LogP contribution is 2.33. The molecule has 2 fully saturated rings. The summed E-state index contributed by atoms with van der Waals surface area (Å²) in [6, 6.07) is 5.48. The lowest BCUT2D eigenvalue weighted by Crippen LogP contribution is -2.52. The normalized spacial score (nSPS) is 26.9. The fraction of sp³-hybridized carbons (Fsp3) is 0.385. The third-order valence-electron chi connectivity index (χ3n) is 3.42. The molecule has 0 aliphatic carbocycles. The maximum absolute atomic E-state index is 12.2. The summed E-state index contributed by atoms with van der Waals surface area (Å²) in [6.07, 6.45) is 0.373. The third kappa shape index (κ3) is 1.69. The first-order valence-electron chi connectivity index (χ1n) is 5.87. The van der Waals surface area contributed by atoms with Crippen molar-refractivity contribution in [2.75, 3.05) is 4.90 Å². The number of ether oxygens (including phenoxy) is 1. The Morgan fingerprint density at radius 3 is 2.39 bits per heavy atom. The van der Waals surface area contributed by atoms with E-state index in [0.29, 0.717) is 18.5 Å². The Labute approximate surface area is 113 Å². The largest absolute Gasteiger partial charge is 0.355 e. The maximum atomic E-state index is 12.2. The van der Waals surface area contributed by atoms with E-state index in [2.05, 4.69) is 15.9 Å². The van der Waals surface area contributed by atoms with Crippen LogP contribution in [0.4, 0.5) is 5.69 Å². The van der Waals surface area contributed by atoms with Crippen molar-refractivity contribution < 1.29 is 14.3 Å². The molecule has 1 aromatic carbocycles. The summed E-state index contributed by atoms with van der Waals surface area (Å²) in [6.45, 7) is 1.96. The highest BCUT2D eigenvalue weighted by atomic mass is 79.9. The van der Waals surface area contributed by atoms with E-state index in [1.54, 1.807) is 12.1 Å². The lowest BCUT2D eigenvalue weighted by molar-refractivity contribution is -0.146. The van der Waals surface area contributed by atoms with Crippen LogP contribution in [0.1, 0.15) is 18.4 Å². The molecule has 0 saturated carbocycles. The highest BCUT2D eigenvalue weighted by molar-refractivity contribution is 9.10. The van der Waals surface area contributed by atoms with Gasteiger partial charge >= 0.3 is 0 Å². The Hall–Kier alpha value is -1.20. The van der Waals surface area contributed by atoms with E-state index >= 15 is 0 Å². The molecule has 0 aromatic heterocycles. The van der Waals surface area contributed by atoms with Crippen molar-refractivity contribution in [3.05, 3.63) is 28.2 Å². The molecule has 2 bridgehead atoms. The van der Waals surface area contributed by atoms with Crippen LogP contribution in [0.15, 0.2) is 22.7 Å². The van der Waals surface area contributed by atoms with Crippen LogP contribution in [-0.2, 0) is 14.3 Å². The first-order valence-corrected chi connectivity index (χ1v) is 6.66. The minimum Gasteiger partial charge on any atom is -0.355 e. The SMILES string of the molecule is Cc1ccc(N2C(=O)C3CCC(O3)C2=O)cc1Br. The molecule has 0 radical (unpaired) electrons. The molecule has 0 spiro atoms. The number of hydrogen-bond donors (Lipinski definition) is 0. The van der Waals surface area contributed by atoms with Crippen molar-refractivity contribution in [2.24, 2.45) is 0 Å². The first-order chi connectivity index (χ1) is 8.58. The monoisotopic (exact) mass is 309 g/mol. The van der Waals surface area contributed by atoms with Gasteiger partial charge in [-0.05, 0) is 37.5 Å². The molecule has 2 heterocycles. The summed E-state index contributed by atoms with van der Waals surface area (Å²) < 4.78 is 6.26. The predicted octanol–water partition coefficient (Wildman–Crippen LogP) is 2.18. The van der Waals surface area contributed by atoms with Gasteiger partial charge < -0.3 is 4.74 Å². The Balaban J connectivity index is 2.02. The zero-order valence-electron chi connectivity index (χ0n) is 9.85. The van der Waals surface area contributed by atoms with Gasteiger partial charge in [0.05, 0.1) is 5.69 Å². The number of morpholine rings is 1. The quantitative estimate of drug-likeness (QED) is 0.747. The number of carbonyl (C=O) groups excluding carboxylic acids is 2. The van der Waals surface area contributed by atoms with Crippen LogP contribution >= 0.6 is 15.9 Å². The number of carbonyl (C=O) groups is 2. The molecule has 2 atom stereocenters. The van der Waals surface area contributed by atoms with Gasteiger partial charge in [0.2, 0.25) is 0 Å². The average Bonchev–Trinajstić information content (AvgIpc) is 2.78. The van der Waals surface area contributed by atoms with Gasteiger partial charge in [-0.3, -0.25) is 9.59 Å². The minimum absolute atomic E-state index is 0.246. The Morgan fingerprint density at radius 2 is 1.83 bits per heavy atom. The van der Waals surface area contributed by atoms with Crippen LogP contribution in [0.3, 0.4) is 0 Å². The number of rotatable bonds is 1. The van der Waals surface area contributed by atoms with E-state index in [9.17, 15) is 9.59 Å². The lowest BCUT2D eigenvalue weighted by atomic mass is 10.2. The van der Waals surface area contributed by atoms with Gasteiger partial charge in [0.1, 0.15) is 12.2 Å². The number of anilines is 1. The molecular weight excluding hydrogens is 298 g/mol. The summed E-state index contributed by atoms with van der Waals surface area (Å²) in [4.78, 5) is 25.6. The van der Waals surface area contributed by atoms with Crippen molar-refractivity contribution in [1.29, 1.82) is 0 Å². The van der Waals surface area contributed by atoms with E-state index in [0.717, 1.165) is 10.0 Å². The number of fused-ring (bicyclic) bond motifs is 2. The summed E-state index contributed by atoms with van der Waals surface area (Å²) in [7, 11) is 0. The summed E-state index contributed by atoms with van der Waals surface area (Å²) in [5.74, 6) is -0.492. The maximum Gasteiger partial charge on any atom is 0.262 e. The van der Waals surface area contributed by atoms with E-state index in [1.165, 1.54) is 4.90 Å². The van der Waals surface area contributed by atoms with Crippen molar-refractivity contribution in [3.8, 4) is 0 Å². The molecular formula is C13H12BrNO3. The molecule has 94 valence electrons. The molecule has 0 N–H and O–H groups in total. The highest BCUT2D eigenvalue weighted by Gasteiger charge is 2.47. The van der Waals surface area contributed by atoms with Crippen LogP contribution in [0, 0.1) is 6.92 Å². The molecule has 4 nitrogen and oxygen atoms in total. The predicted molar refractivity (Wildman–Crippen MR) is 69.3 cm³/mol. The topological polar surface area (TPSA) is 46.6 Å². The minimum atomic E-state index is -0.451. The number of aryl methyl sites for hydroxylation is 1.